The molecule has 0 aromatic rings. The van der Waals surface area contributed by atoms with Crippen molar-refractivity contribution in [2.45, 2.75) is 32.4 Å². The Hall–Kier alpha value is -0.610. The molecule has 0 saturated carbocycles. The van der Waals surface area contributed by atoms with Gasteiger partial charge in [0.2, 0.25) is 5.91 Å². The maximum absolute atomic E-state index is 12.2. The van der Waals surface area contributed by atoms with E-state index in [1.807, 2.05) is 11.8 Å². The number of morpholine rings is 1. The van der Waals surface area contributed by atoms with E-state index in [0.717, 1.165) is 26.1 Å². The highest BCUT2D eigenvalue weighted by molar-refractivity contribution is 5.79. The zero-order valence-corrected chi connectivity index (χ0v) is 9.53. The molecule has 4 heteroatoms. The Morgan fingerprint density at radius 1 is 1.47 bits per heavy atom. The molecular formula is C11H20N2O2. The molecule has 3 atom stereocenters. The first-order valence-electron chi connectivity index (χ1n) is 5.83. The lowest BCUT2D eigenvalue weighted by atomic mass is 10.0. The summed E-state index contributed by atoms with van der Waals surface area (Å²) in [7, 11) is 0. The van der Waals surface area contributed by atoms with Crippen LogP contribution < -0.4 is 5.32 Å². The number of amides is 1. The summed E-state index contributed by atoms with van der Waals surface area (Å²) in [5.74, 6) is 0.500. The van der Waals surface area contributed by atoms with Crippen LogP contribution in [-0.2, 0) is 9.53 Å². The van der Waals surface area contributed by atoms with Gasteiger partial charge in [0.15, 0.2) is 0 Å². The van der Waals surface area contributed by atoms with Gasteiger partial charge in [0.05, 0.1) is 24.7 Å². The molecule has 2 saturated heterocycles. The lowest BCUT2D eigenvalue weighted by Crippen LogP contribution is -2.53. The average Bonchev–Trinajstić information content (AvgIpc) is 2.74. The molecule has 0 aromatic carbocycles. The molecule has 2 heterocycles. The minimum absolute atomic E-state index is 0.164. The maximum atomic E-state index is 12.2. The van der Waals surface area contributed by atoms with E-state index in [2.05, 4.69) is 12.2 Å². The van der Waals surface area contributed by atoms with Crippen molar-refractivity contribution in [3.63, 3.8) is 0 Å². The maximum Gasteiger partial charge on any atom is 0.227 e. The van der Waals surface area contributed by atoms with Crippen LogP contribution in [0.25, 0.3) is 0 Å². The highest BCUT2D eigenvalue weighted by Crippen LogP contribution is 2.19. The summed E-state index contributed by atoms with van der Waals surface area (Å²) in [6, 6.07) is 0.215. The molecule has 3 unspecified atom stereocenters. The molecular weight excluding hydrogens is 192 g/mol. The zero-order chi connectivity index (χ0) is 10.8. The van der Waals surface area contributed by atoms with Crippen LogP contribution in [-0.4, -0.2) is 49.2 Å². The number of hydrogen-bond donors (Lipinski definition) is 1. The van der Waals surface area contributed by atoms with Crippen LogP contribution in [0.5, 0.6) is 0 Å². The van der Waals surface area contributed by atoms with E-state index in [0.29, 0.717) is 12.5 Å². The van der Waals surface area contributed by atoms with Gasteiger partial charge in [0, 0.05) is 13.1 Å². The summed E-state index contributed by atoms with van der Waals surface area (Å²) in [6.45, 7) is 7.36. The third kappa shape index (κ3) is 2.16. The van der Waals surface area contributed by atoms with Gasteiger partial charge in [-0.05, 0) is 26.8 Å². The molecule has 15 heavy (non-hydrogen) atoms. The van der Waals surface area contributed by atoms with Crippen molar-refractivity contribution in [2.24, 2.45) is 5.92 Å². The van der Waals surface area contributed by atoms with E-state index in [-0.39, 0.29) is 18.1 Å². The number of carbonyl (C=O) groups excluding carboxylic acids is 1. The Kier molecular flexibility index (Phi) is 3.26. The molecule has 0 spiro atoms. The molecule has 0 aliphatic carbocycles. The summed E-state index contributed by atoms with van der Waals surface area (Å²) in [6.07, 6.45) is 1.15. The average molecular weight is 212 g/mol. The van der Waals surface area contributed by atoms with Crippen LogP contribution in [0.15, 0.2) is 0 Å². The summed E-state index contributed by atoms with van der Waals surface area (Å²) >= 11 is 0. The molecule has 2 aliphatic rings. The molecule has 2 fully saturated rings. The molecule has 2 rings (SSSR count). The van der Waals surface area contributed by atoms with Crippen LogP contribution in [0.2, 0.25) is 0 Å². The zero-order valence-electron chi connectivity index (χ0n) is 9.53. The van der Waals surface area contributed by atoms with E-state index in [9.17, 15) is 4.79 Å². The summed E-state index contributed by atoms with van der Waals surface area (Å²) in [5, 5.41) is 3.24. The van der Waals surface area contributed by atoms with Crippen LogP contribution in [0.1, 0.15) is 20.3 Å². The number of ether oxygens (including phenoxy) is 1. The minimum atomic E-state index is 0.164. The molecule has 0 aromatic heterocycles. The van der Waals surface area contributed by atoms with Gasteiger partial charge in [-0.15, -0.1) is 0 Å². The van der Waals surface area contributed by atoms with Crippen molar-refractivity contribution in [3.8, 4) is 0 Å². The highest BCUT2D eigenvalue weighted by atomic mass is 16.5. The van der Waals surface area contributed by atoms with Crippen molar-refractivity contribution >= 4 is 5.91 Å². The Balaban J connectivity index is 1.98. The summed E-state index contributed by atoms with van der Waals surface area (Å²) < 4.78 is 5.52. The van der Waals surface area contributed by atoms with E-state index in [1.165, 1.54) is 0 Å². The fourth-order valence-corrected chi connectivity index (χ4v) is 2.34. The Labute approximate surface area is 91.0 Å². The predicted octanol–water partition coefficient (Wildman–Crippen LogP) is 0.232. The van der Waals surface area contributed by atoms with Gasteiger partial charge in [-0.25, -0.2) is 0 Å². The van der Waals surface area contributed by atoms with Gasteiger partial charge in [0.1, 0.15) is 0 Å². The van der Waals surface area contributed by atoms with E-state index >= 15 is 0 Å². The molecule has 2 aliphatic heterocycles. The monoisotopic (exact) mass is 212 g/mol. The van der Waals surface area contributed by atoms with Crippen LogP contribution in [0, 0.1) is 5.92 Å². The van der Waals surface area contributed by atoms with Crippen LogP contribution in [0.4, 0.5) is 0 Å². The second kappa shape index (κ2) is 4.49. The fraction of sp³-hybridized carbons (Fsp3) is 0.909. The van der Waals surface area contributed by atoms with E-state index in [4.69, 9.17) is 4.74 Å². The van der Waals surface area contributed by atoms with Gasteiger partial charge < -0.3 is 15.0 Å². The number of rotatable bonds is 1. The molecule has 1 amide bonds. The largest absolute Gasteiger partial charge is 0.375 e. The highest BCUT2D eigenvalue weighted by Gasteiger charge is 2.34. The van der Waals surface area contributed by atoms with Crippen LogP contribution in [0.3, 0.4) is 0 Å². The van der Waals surface area contributed by atoms with Crippen LogP contribution >= 0.6 is 0 Å². The smallest absolute Gasteiger partial charge is 0.227 e. The first kappa shape index (κ1) is 10.9. The first-order valence-corrected chi connectivity index (χ1v) is 5.83. The minimum Gasteiger partial charge on any atom is -0.375 e. The van der Waals surface area contributed by atoms with Crippen molar-refractivity contribution in [3.05, 3.63) is 0 Å². The normalized spacial score (nSPS) is 36.9. The predicted molar refractivity (Wildman–Crippen MR) is 57.6 cm³/mol. The standard InChI is InChI=1S/C11H20N2O2/c1-8-9(2)15-6-5-13(8)11(14)10-3-4-12-7-10/h8-10,12H,3-7H2,1-2H3. The SMILES string of the molecule is CC1OCCN(C(=O)C2CCNC2)C1C. The van der Waals surface area contributed by atoms with Gasteiger partial charge in [-0.3, -0.25) is 4.79 Å². The number of nitrogens with one attached hydrogen (secondary N) is 1. The third-order valence-corrected chi connectivity index (χ3v) is 3.58. The Morgan fingerprint density at radius 2 is 2.27 bits per heavy atom. The van der Waals surface area contributed by atoms with Crippen molar-refractivity contribution in [1.82, 2.24) is 10.2 Å². The molecule has 4 nitrogen and oxygen atoms in total. The van der Waals surface area contributed by atoms with E-state index < -0.39 is 0 Å². The fourth-order valence-electron chi connectivity index (χ4n) is 2.34. The second-order valence-corrected chi connectivity index (χ2v) is 4.54. The molecule has 1 N–H and O–H groups in total. The topological polar surface area (TPSA) is 41.6 Å². The molecule has 0 bridgehead atoms. The molecule has 86 valence electrons. The first-order chi connectivity index (χ1) is 7.20. The summed E-state index contributed by atoms with van der Waals surface area (Å²) in [5.41, 5.74) is 0. The lowest BCUT2D eigenvalue weighted by molar-refractivity contribution is -0.147. The molecule has 0 radical (unpaired) electrons. The number of carbonyl (C=O) groups is 1. The van der Waals surface area contributed by atoms with Crippen molar-refractivity contribution in [2.75, 3.05) is 26.2 Å². The van der Waals surface area contributed by atoms with Gasteiger partial charge in [0.25, 0.3) is 0 Å². The second-order valence-electron chi connectivity index (χ2n) is 4.54. The quantitative estimate of drug-likeness (QED) is 0.676. The lowest BCUT2D eigenvalue weighted by Gasteiger charge is -2.39. The van der Waals surface area contributed by atoms with Crippen molar-refractivity contribution < 1.29 is 9.53 Å². The van der Waals surface area contributed by atoms with E-state index in [1.54, 1.807) is 0 Å². The third-order valence-electron chi connectivity index (χ3n) is 3.58. The Bertz CT molecular complexity index is 239. The van der Waals surface area contributed by atoms with Crippen molar-refractivity contribution in [1.29, 1.82) is 0 Å². The number of hydrogen-bond acceptors (Lipinski definition) is 3. The number of nitrogens with zero attached hydrogens (tertiary/aromatic N) is 1. The summed E-state index contributed by atoms with van der Waals surface area (Å²) in [4.78, 5) is 14.2. The van der Waals surface area contributed by atoms with Gasteiger partial charge in [-0.2, -0.15) is 0 Å². The van der Waals surface area contributed by atoms with Gasteiger partial charge in [-0.1, -0.05) is 0 Å². The Morgan fingerprint density at radius 3 is 2.93 bits per heavy atom. The van der Waals surface area contributed by atoms with Gasteiger partial charge >= 0.3 is 0 Å².